The third kappa shape index (κ3) is 7.40. The van der Waals surface area contributed by atoms with Crippen molar-refractivity contribution in [3.8, 4) is 0 Å². The number of carbonyl (C=O) groups excluding carboxylic acids is 2. The van der Waals surface area contributed by atoms with E-state index in [-0.39, 0.29) is 34.0 Å². The minimum absolute atomic E-state index is 0.0225. The molecule has 2 amide bonds. The zero-order valence-corrected chi connectivity index (χ0v) is 30.1. The molecule has 2 aliphatic heterocycles. The molecule has 0 bridgehead atoms. The van der Waals surface area contributed by atoms with Crippen molar-refractivity contribution in [2.45, 2.75) is 55.6 Å². The largest absolute Gasteiger partial charge is 0.394 e. The van der Waals surface area contributed by atoms with Crippen LogP contribution >= 0.6 is 0 Å². The van der Waals surface area contributed by atoms with Gasteiger partial charge in [0, 0.05) is 11.1 Å². The molecule has 2 saturated heterocycles. The molecular formula is C35H32F2N10O9S. The molecule has 22 heteroatoms. The van der Waals surface area contributed by atoms with E-state index in [0.717, 1.165) is 23.5 Å². The van der Waals surface area contributed by atoms with E-state index in [2.05, 4.69) is 40.5 Å². The summed E-state index contributed by atoms with van der Waals surface area (Å²) in [6, 6.07) is 16.6. The Morgan fingerprint density at radius 2 is 1.25 bits per heavy atom. The molecule has 0 spiro atoms. The molecule has 0 radical (unpaired) electrons. The third-order valence-corrected chi connectivity index (χ3v) is 10.7. The quantitative estimate of drug-likeness (QED) is 0.129. The summed E-state index contributed by atoms with van der Waals surface area (Å²) in [5.74, 6) is -1.74. The summed E-state index contributed by atoms with van der Waals surface area (Å²) in [4.78, 5) is 50.3. The predicted molar refractivity (Wildman–Crippen MR) is 193 cm³/mol. The molecule has 0 unspecified atom stereocenters. The van der Waals surface area contributed by atoms with Gasteiger partial charge in [-0.1, -0.05) is 36.4 Å². The second-order valence-corrected chi connectivity index (χ2v) is 14.8. The highest BCUT2D eigenvalue weighted by Gasteiger charge is 2.50. The van der Waals surface area contributed by atoms with Crippen molar-refractivity contribution in [1.82, 2.24) is 39.0 Å². The molecule has 0 aliphatic carbocycles. The first kappa shape index (κ1) is 38.0. The Morgan fingerprint density at radius 1 is 0.737 bits per heavy atom. The maximum atomic E-state index is 16.1. The monoisotopic (exact) mass is 806 g/mol. The molecule has 2 aliphatic rings. The van der Waals surface area contributed by atoms with E-state index >= 15 is 8.78 Å². The van der Waals surface area contributed by atoms with Gasteiger partial charge in [0.05, 0.1) is 31.1 Å². The molecule has 6 aromatic rings. The van der Waals surface area contributed by atoms with Crippen LogP contribution in [0.2, 0.25) is 0 Å². The van der Waals surface area contributed by atoms with Gasteiger partial charge in [0.25, 0.3) is 21.9 Å². The van der Waals surface area contributed by atoms with Crippen LogP contribution < -0.4 is 10.6 Å². The maximum Gasteiger partial charge on any atom is 0.267 e. The fourth-order valence-corrected chi connectivity index (χ4v) is 7.81. The minimum Gasteiger partial charge on any atom is -0.394 e. The second-order valence-electron chi connectivity index (χ2n) is 13.0. The normalized spacial score (nSPS) is 24.9. The highest BCUT2D eigenvalue weighted by molar-refractivity contribution is 7.86. The van der Waals surface area contributed by atoms with Gasteiger partial charge in [-0.2, -0.15) is 8.42 Å². The number of hydrogen-bond acceptors (Lipinski definition) is 15. The smallest absolute Gasteiger partial charge is 0.267 e. The minimum atomic E-state index is -4.63. The van der Waals surface area contributed by atoms with E-state index in [0.29, 0.717) is 11.1 Å². The number of benzene rings is 2. The van der Waals surface area contributed by atoms with Gasteiger partial charge in [-0.3, -0.25) is 22.9 Å². The number of aliphatic hydroxyl groups is 2. The van der Waals surface area contributed by atoms with E-state index in [1.807, 2.05) is 0 Å². The topological polar surface area (TPSA) is 248 Å². The van der Waals surface area contributed by atoms with Crippen LogP contribution in [0.3, 0.4) is 0 Å². The zero-order valence-electron chi connectivity index (χ0n) is 29.3. The van der Waals surface area contributed by atoms with Crippen LogP contribution in [-0.4, -0.2) is 119 Å². The molecule has 0 saturated carbocycles. The summed E-state index contributed by atoms with van der Waals surface area (Å²) < 4.78 is 77.0. The number of aliphatic hydroxyl groups excluding tert-OH is 2. The summed E-state index contributed by atoms with van der Waals surface area (Å²) in [7, 11) is -4.63. The summed E-state index contributed by atoms with van der Waals surface area (Å²) in [6.45, 7) is -0.830. The van der Waals surface area contributed by atoms with Crippen molar-refractivity contribution in [3.63, 3.8) is 0 Å². The Morgan fingerprint density at radius 3 is 1.77 bits per heavy atom. The lowest BCUT2D eigenvalue weighted by molar-refractivity contribution is -0.0432. The Kier molecular flexibility index (Phi) is 10.4. The van der Waals surface area contributed by atoms with Gasteiger partial charge in [0.2, 0.25) is 0 Å². The van der Waals surface area contributed by atoms with Gasteiger partial charge in [-0.25, -0.2) is 38.7 Å². The van der Waals surface area contributed by atoms with E-state index in [1.165, 1.54) is 10.9 Å². The van der Waals surface area contributed by atoms with Gasteiger partial charge in [0.1, 0.15) is 31.0 Å². The first-order valence-electron chi connectivity index (χ1n) is 17.4. The lowest BCUT2D eigenvalue weighted by Gasteiger charge is -2.19. The zero-order chi connectivity index (χ0) is 39.8. The fraction of sp³-hybridized carbons (Fsp3) is 0.314. The number of anilines is 2. The average Bonchev–Trinajstić information content (AvgIpc) is 3.99. The highest BCUT2D eigenvalue weighted by atomic mass is 32.2. The molecule has 8 rings (SSSR count). The van der Waals surface area contributed by atoms with Gasteiger partial charge in [0.15, 0.2) is 58.8 Å². The summed E-state index contributed by atoms with van der Waals surface area (Å²) in [5, 5.41) is 26.1. The van der Waals surface area contributed by atoms with E-state index in [1.54, 1.807) is 60.7 Å². The second kappa shape index (κ2) is 15.6. The van der Waals surface area contributed by atoms with Crippen molar-refractivity contribution in [2.24, 2.45) is 0 Å². The highest BCUT2D eigenvalue weighted by Crippen LogP contribution is 2.38. The number of amides is 2. The maximum absolute atomic E-state index is 16.1. The molecule has 2 aromatic carbocycles. The van der Waals surface area contributed by atoms with Crippen molar-refractivity contribution in [2.75, 3.05) is 23.0 Å². The van der Waals surface area contributed by atoms with Crippen LogP contribution in [0.1, 0.15) is 39.6 Å². The van der Waals surface area contributed by atoms with Crippen molar-refractivity contribution in [3.05, 3.63) is 97.1 Å². The number of imidazole rings is 2. The lowest BCUT2D eigenvalue weighted by Crippen LogP contribution is -2.37. The third-order valence-electron chi connectivity index (χ3n) is 9.45. The summed E-state index contributed by atoms with van der Waals surface area (Å²) >= 11 is 0. The van der Waals surface area contributed by atoms with Gasteiger partial charge in [-0.15, -0.1) is 0 Å². The Balaban J connectivity index is 0.927. The summed E-state index contributed by atoms with van der Waals surface area (Å²) in [6.07, 6.45) is -9.65. The van der Waals surface area contributed by atoms with Crippen molar-refractivity contribution >= 4 is 55.9 Å². The van der Waals surface area contributed by atoms with Gasteiger partial charge >= 0.3 is 0 Å². The first-order valence-corrected chi connectivity index (χ1v) is 19.0. The summed E-state index contributed by atoms with van der Waals surface area (Å²) in [5.41, 5.74) is 1.03. The van der Waals surface area contributed by atoms with E-state index < -0.39 is 89.9 Å². The fourth-order valence-electron chi connectivity index (χ4n) is 6.62. The van der Waals surface area contributed by atoms with E-state index in [9.17, 15) is 28.2 Å². The Hall–Kier alpha value is -5.91. The molecule has 6 heterocycles. The van der Waals surface area contributed by atoms with Crippen LogP contribution in [0, 0.1) is 0 Å². The number of halogens is 2. The molecule has 4 N–H and O–H groups in total. The number of rotatable bonds is 12. The van der Waals surface area contributed by atoms with Crippen LogP contribution in [-0.2, 0) is 23.8 Å². The van der Waals surface area contributed by atoms with Crippen LogP contribution in [0.15, 0.2) is 86.0 Å². The number of nitrogens with one attached hydrogen (secondary N) is 2. The first-order chi connectivity index (χ1) is 27.5. The molecule has 296 valence electrons. The molecule has 57 heavy (non-hydrogen) atoms. The Bertz CT molecular complexity index is 2530. The lowest BCUT2D eigenvalue weighted by atomic mass is 10.1. The van der Waals surface area contributed by atoms with Crippen molar-refractivity contribution < 1.29 is 50.7 Å². The van der Waals surface area contributed by atoms with Crippen LogP contribution in [0.5, 0.6) is 0 Å². The molecule has 2 fully saturated rings. The van der Waals surface area contributed by atoms with Crippen molar-refractivity contribution in [1.29, 1.82) is 0 Å². The number of fused-ring (bicyclic) bond motifs is 2. The number of alkyl halides is 2. The van der Waals surface area contributed by atoms with E-state index in [4.69, 9.17) is 13.7 Å². The number of aromatic nitrogens is 8. The number of ether oxygens (including phenoxy) is 2. The standard InChI is InChI=1S/C35H32F2N10O9S/c36-22-20(54-35(26(22)49)47-17-43-25-29(39-15-41-31(25)47)45-33(51)19-9-5-2-6-10-19)11-12-57(52,53)56-27-21(13-48)55-34(23(27)37)46-16-42-24-28(38-14-40-30(24)46)44-32(50)18-7-3-1-4-8-18/h1-10,14-17,20-23,26-27,34-35,48-49H,11-13H2,(H,38,40,44,50)(H,39,41,45,51)/t20-,21-,22-,23-,26-,27-,34-,35-/m1/s1. The Labute approximate surface area is 320 Å². The number of hydrogen-bond donors (Lipinski definition) is 4. The molecule has 4 aromatic heterocycles. The van der Waals surface area contributed by atoms with Gasteiger partial charge in [-0.05, 0) is 30.7 Å². The predicted octanol–water partition coefficient (Wildman–Crippen LogP) is 2.10. The SMILES string of the molecule is O=C(Nc1ncnc2c1ncn2[C@@H]1O[C@H](CCS(=O)(=O)O[C@H]2[C@@H](F)[C@H](n3cnc4c(NC(=O)c5ccccc5)ncnc43)O[C@@H]2CO)[C@@H](F)[C@H]1O)c1ccccc1. The average molecular weight is 807 g/mol. The van der Waals surface area contributed by atoms with Gasteiger partial charge < -0.3 is 30.3 Å². The molecular weight excluding hydrogens is 775 g/mol. The van der Waals surface area contributed by atoms with Crippen LogP contribution in [0.25, 0.3) is 22.3 Å². The van der Waals surface area contributed by atoms with Crippen LogP contribution in [0.4, 0.5) is 20.4 Å². The molecule has 8 atom stereocenters. The number of nitrogens with zero attached hydrogens (tertiary/aromatic N) is 8. The number of carbonyl (C=O) groups is 2. The molecule has 19 nitrogen and oxygen atoms in total.